The molecule has 3 aromatic carbocycles. The summed E-state index contributed by atoms with van der Waals surface area (Å²) in [5, 5.41) is 5.49. The van der Waals surface area contributed by atoms with Crippen molar-refractivity contribution in [3.05, 3.63) is 143 Å². The number of alkyl halides is 6. The van der Waals surface area contributed by atoms with Crippen molar-refractivity contribution in [3.63, 3.8) is 0 Å². The maximum atomic E-state index is 13.2. The second kappa shape index (κ2) is 23.7. The van der Waals surface area contributed by atoms with E-state index in [-0.39, 0.29) is 88.2 Å². The van der Waals surface area contributed by atoms with Gasteiger partial charge in [-0.25, -0.2) is 23.7 Å². The van der Waals surface area contributed by atoms with Crippen molar-refractivity contribution in [1.82, 2.24) is 29.9 Å². The molecule has 0 atom stereocenters. The summed E-state index contributed by atoms with van der Waals surface area (Å²) in [6, 6.07) is 20.5. The van der Waals surface area contributed by atoms with Gasteiger partial charge in [-0.05, 0) is 45.5 Å². The third kappa shape index (κ3) is 12.6. The summed E-state index contributed by atoms with van der Waals surface area (Å²) in [5.41, 5.74) is 3.10. The maximum absolute atomic E-state index is 13.2. The van der Waals surface area contributed by atoms with Gasteiger partial charge in [0.15, 0.2) is 0 Å². The van der Waals surface area contributed by atoms with E-state index >= 15 is 0 Å². The average Bonchev–Trinajstić information content (AvgIpc) is 3.98. The molecule has 6 heterocycles. The van der Waals surface area contributed by atoms with Crippen LogP contribution in [0.1, 0.15) is 33.4 Å². The number of nitrogens with zero attached hydrogens (tertiary/aromatic N) is 6. The molecule has 0 unspecified atom stereocenters. The Morgan fingerprint density at radius 2 is 0.935 bits per heavy atom. The predicted octanol–water partition coefficient (Wildman–Crippen LogP) is 13.8. The SMILES string of the molecule is C.C.C.FC(F)(F)c1c[c-]c(-c2ncnc3ccsc23)cc1.FC(F)(F)c1cc[c-]c(-c2ncnc3ccsc23)c1.Fc1[c-]c(-c2ncnc3ccsc23)cc(F)c1F.[Ir].[Ir].[Ir]. The molecule has 3 radical (unpaired) electrons. The third-order valence-electron chi connectivity index (χ3n) is 7.68. The molecule has 0 aliphatic carbocycles. The number of fused-ring (bicyclic) bond motifs is 3. The Kier molecular flexibility index (Phi) is 21.4. The van der Waals surface area contributed by atoms with Crippen molar-refractivity contribution in [1.29, 1.82) is 0 Å². The number of rotatable bonds is 3. The molecular formula is C41H28F9Ir3N6S3-3. The minimum absolute atomic E-state index is 0. The molecule has 62 heavy (non-hydrogen) atoms. The van der Waals surface area contributed by atoms with E-state index in [2.05, 4.69) is 48.1 Å². The largest absolute Gasteiger partial charge is 0.399 e. The van der Waals surface area contributed by atoms with Crippen LogP contribution in [-0.2, 0) is 72.7 Å². The molecule has 0 bridgehead atoms. The van der Waals surface area contributed by atoms with Gasteiger partial charge in [-0.1, -0.05) is 22.3 Å². The van der Waals surface area contributed by atoms with E-state index in [1.807, 2.05) is 16.8 Å². The summed E-state index contributed by atoms with van der Waals surface area (Å²) in [5.74, 6) is -4.15. The third-order valence-corrected chi connectivity index (χ3v) is 10.4. The first-order chi connectivity index (χ1) is 26.8. The first kappa shape index (κ1) is 56.1. The molecule has 0 aliphatic heterocycles. The van der Waals surface area contributed by atoms with Crippen LogP contribution in [0.3, 0.4) is 0 Å². The number of halogens is 9. The molecular weight excluding hydrogens is 1420 g/mol. The summed E-state index contributed by atoms with van der Waals surface area (Å²) < 4.78 is 117. The molecule has 6 aromatic heterocycles. The molecule has 0 spiro atoms. The summed E-state index contributed by atoms with van der Waals surface area (Å²) in [6.45, 7) is 0. The van der Waals surface area contributed by atoms with Crippen LogP contribution < -0.4 is 0 Å². The van der Waals surface area contributed by atoms with Crippen molar-refractivity contribution < 1.29 is 99.8 Å². The molecule has 0 aliphatic rings. The molecule has 0 amide bonds. The van der Waals surface area contributed by atoms with Gasteiger partial charge in [0.05, 0.1) is 28.2 Å². The summed E-state index contributed by atoms with van der Waals surface area (Å²) >= 11 is 4.19. The fraction of sp³-hybridized carbons (Fsp3) is 0.122. The Labute approximate surface area is 402 Å². The van der Waals surface area contributed by atoms with Gasteiger partial charge in [0.2, 0.25) is 0 Å². The van der Waals surface area contributed by atoms with Crippen LogP contribution in [0.15, 0.2) is 95.8 Å². The van der Waals surface area contributed by atoms with E-state index in [4.69, 9.17) is 0 Å². The number of aromatic nitrogens is 6. The number of thiophene rings is 3. The van der Waals surface area contributed by atoms with Crippen LogP contribution in [-0.4, -0.2) is 29.9 Å². The second-order valence-electron chi connectivity index (χ2n) is 11.2. The predicted molar refractivity (Wildman–Crippen MR) is 215 cm³/mol. The van der Waals surface area contributed by atoms with Crippen LogP contribution in [0.2, 0.25) is 0 Å². The van der Waals surface area contributed by atoms with Crippen LogP contribution in [0.5, 0.6) is 0 Å². The monoisotopic (exact) mass is 1450 g/mol. The zero-order valence-electron chi connectivity index (χ0n) is 28.5. The van der Waals surface area contributed by atoms with Crippen LogP contribution in [0.4, 0.5) is 39.5 Å². The fourth-order valence-electron chi connectivity index (χ4n) is 5.10. The molecule has 6 nitrogen and oxygen atoms in total. The molecule has 0 saturated heterocycles. The van der Waals surface area contributed by atoms with Crippen LogP contribution in [0.25, 0.3) is 64.4 Å². The number of benzene rings is 3. The molecule has 333 valence electrons. The van der Waals surface area contributed by atoms with Crippen molar-refractivity contribution in [3.8, 4) is 33.8 Å². The topological polar surface area (TPSA) is 77.3 Å². The summed E-state index contributed by atoms with van der Waals surface area (Å²) in [7, 11) is 0. The van der Waals surface area contributed by atoms with Crippen molar-refractivity contribution in [2.45, 2.75) is 34.6 Å². The van der Waals surface area contributed by atoms with E-state index in [1.165, 1.54) is 65.1 Å². The van der Waals surface area contributed by atoms with Crippen molar-refractivity contribution >= 4 is 64.7 Å². The Bertz CT molecular complexity index is 2790. The number of hydrogen-bond donors (Lipinski definition) is 0. The minimum Gasteiger partial charge on any atom is -0.284 e. The number of hydrogen-bond acceptors (Lipinski definition) is 9. The van der Waals surface area contributed by atoms with Crippen molar-refractivity contribution in [2.24, 2.45) is 0 Å². The summed E-state index contributed by atoms with van der Waals surface area (Å²) in [6.07, 6.45) is -4.68. The van der Waals surface area contributed by atoms with Gasteiger partial charge in [0, 0.05) is 91.5 Å². The fourth-order valence-corrected chi connectivity index (χ4v) is 7.65. The first-order valence-corrected chi connectivity index (χ1v) is 18.2. The second-order valence-corrected chi connectivity index (χ2v) is 14.0. The summed E-state index contributed by atoms with van der Waals surface area (Å²) in [4.78, 5) is 24.3. The smallest absolute Gasteiger partial charge is 0.284 e. The van der Waals surface area contributed by atoms with E-state index in [0.717, 1.165) is 50.8 Å². The van der Waals surface area contributed by atoms with Gasteiger partial charge in [-0.3, -0.25) is 19.3 Å². The molecule has 9 aromatic rings. The van der Waals surface area contributed by atoms with E-state index in [1.54, 1.807) is 17.5 Å². The van der Waals surface area contributed by atoms with Crippen molar-refractivity contribution in [2.75, 3.05) is 0 Å². The van der Waals surface area contributed by atoms with Gasteiger partial charge >= 0.3 is 12.4 Å². The molecule has 0 saturated carbocycles. The average molecular weight is 1450 g/mol. The zero-order valence-corrected chi connectivity index (χ0v) is 38.2. The Morgan fingerprint density at radius 1 is 0.484 bits per heavy atom. The zero-order chi connectivity index (χ0) is 39.6. The maximum Gasteiger partial charge on any atom is 0.399 e. The van der Waals surface area contributed by atoms with Gasteiger partial charge in [-0.15, -0.1) is 77.4 Å². The van der Waals surface area contributed by atoms with E-state index in [0.29, 0.717) is 38.4 Å². The Morgan fingerprint density at radius 3 is 1.35 bits per heavy atom. The quantitative estimate of drug-likeness (QED) is 0.0996. The normalized spacial score (nSPS) is 10.5. The van der Waals surface area contributed by atoms with Gasteiger partial charge in [-0.2, -0.15) is 60.4 Å². The van der Waals surface area contributed by atoms with Crippen LogP contribution in [0, 0.1) is 35.7 Å². The van der Waals surface area contributed by atoms with Gasteiger partial charge in [0.1, 0.15) is 24.8 Å². The Hall–Kier alpha value is -3.90. The molecule has 9 rings (SSSR count). The standard InChI is InChI=1S/2C13H6F3N2S.C12H4F3N2S.3CH4.3Ir/c14-13(15,16)9-3-1-8(2-4-9)11-12-10(5-6-19-12)17-7-18-11;14-13(15,16)9-3-1-2-8(6-9)11-12-10(4-5-19-12)17-7-18-11;13-7-3-6(4-8(14)10(7)15)11-12-9(1-2-18-12)16-5-17-11;;;;;;/h2*1,3-7H;1-3,5H;3*1H4;;;/q3*-1;;;;;;. The Balaban J connectivity index is 0.000000444. The minimum atomic E-state index is -4.37. The van der Waals surface area contributed by atoms with E-state index in [9.17, 15) is 39.5 Å². The van der Waals surface area contributed by atoms with Crippen LogP contribution >= 0.6 is 34.0 Å². The molecule has 21 heteroatoms. The first-order valence-electron chi connectivity index (χ1n) is 15.6. The van der Waals surface area contributed by atoms with Gasteiger partial charge < -0.3 is 0 Å². The van der Waals surface area contributed by atoms with E-state index < -0.39 is 40.9 Å². The molecule has 0 fully saturated rings. The molecule has 0 N–H and O–H groups in total. The van der Waals surface area contributed by atoms with Gasteiger partial charge in [0.25, 0.3) is 0 Å².